The second-order valence-electron chi connectivity index (χ2n) is 10.0. The molecule has 1 unspecified atom stereocenters. The molecule has 0 fully saturated rings. The molecule has 0 aliphatic rings. The minimum atomic E-state index is -0.321. The molecule has 2 aromatic rings. The van der Waals surface area contributed by atoms with Crippen molar-refractivity contribution in [1.29, 1.82) is 0 Å². The Bertz CT molecular complexity index is 888. The zero-order chi connectivity index (χ0) is 24.6. The molecule has 0 saturated heterocycles. The molecule has 2 rings (SSSR count). The minimum Gasteiger partial charge on any atom is -0.496 e. The summed E-state index contributed by atoms with van der Waals surface area (Å²) in [4.78, 5) is 0. The van der Waals surface area contributed by atoms with Crippen molar-refractivity contribution in [3.05, 3.63) is 53.1 Å². The summed E-state index contributed by atoms with van der Waals surface area (Å²) in [5, 5.41) is 3.36. The first-order valence-electron chi connectivity index (χ1n) is 12.5. The zero-order valence-corrected chi connectivity index (χ0v) is 22.3. The van der Waals surface area contributed by atoms with Gasteiger partial charge in [0.05, 0.1) is 7.11 Å². The van der Waals surface area contributed by atoms with Gasteiger partial charge in [0, 0.05) is 17.7 Å². The van der Waals surface area contributed by atoms with Crippen molar-refractivity contribution >= 4 is 5.69 Å². The summed E-state index contributed by atoms with van der Waals surface area (Å²) in [6.45, 7) is 18.3. The van der Waals surface area contributed by atoms with E-state index in [0.717, 1.165) is 42.9 Å². The molecule has 1 atom stereocenters. The van der Waals surface area contributed by atoms with E-state index in [4.69, 9.17) is 14.2 Å². The molecule has 0 saturated carbocycles. The molecule has 0 aromatic heterocycles. The van der Waals surface area contributed by atoms with E-state index in [-0.39, 0.29) is 17.1 Å². The predicted octanol–water partition coefficient (Wildman–Crippen LogP) is 7.83. The van der Waals surface area contributed by atoms with Crippen LogP contribution < -0.4 is 14.8 Å². The van der Waals surface area contributed by atoms with Crippen molar-refractivity contribution in [2.45, 2.75) is 98.2 Å². The Morgan fingerprint density at radius 1 is 0.848 bits per heavy atom. The maximum absolute atomic E-state index is 6.42. The minimum absolute atomic E-state index is 0.0192. The van der Waals surface area contributed by atoms with Crippen molar-refractivity contribution in [1.82, 2.24) is 0 Å². The molecule has 2 aromatic carbocycles. The summed E-state index contributed by atoms with van der Waals surface area (Å²) >= 11 is 0. The molecular weight excluding hydrogens is 410 g/mol. The van der Waals surface area contributed by atoms with Gasteiger partial charge in [0.2, 0.25) is 6.29 Å². The quantitative estimate of drug-likeness (QED) is 0.312. The Labute approximate surface area is 202 Å². The third-order valence-corrected chi connectivity index (χ3v) is 7.06. The number of rotatable bonds is 13. The molecule has 0 bridgehead atoms. The first kappa shape index (κ1) is 27.0. The van der Waals surface area contributed by atoms with Gasteiger partial charge in [-0.1, -0.05) is 67.5 Å². The van der Waals surface area contributed by atoms with E-state index in [2.05, 4.69) is 85.0 Å². The lowest BCUT2D eigenvalue weighted by Gasteiger charge is -2.31. The standard InChI is InChI=1S/C29H45NO3/c1-10-21-18-23(15-17-25(21)31-9)30-20-32-27(11-2)33-26-16-14-22(28(5,6)12-3)19-24(26)29(7,8)13-4/h14-19,27,30H,10-13,20H2,1-9H3. The Morgan fingerprint density at radius 3 is 2.09 bits per heavy atom. The molecule has 184 valence electrons. The maximum atomic E-state index is 6.42. The van der Waals surface area contributed by atoms with E-state index in [0.29, 0.717) is 6.73 Å². The van der Waals surface area contributed by atoms with Gasteiger partial charge in [0.15, 0.2) is 0 Å². The van der Waals surface area contributed by atoms with Crippen LogP contribution in [0.2, 0.25) is 0 Å². The van der Waals surface area contributed by atoms with Gasteiger partial charge >= 0.3 is 0 Å². The van der Waals surface area contributed by atoms with Crippen LogP contribution in [0.25, 0.3) is 0 Å². The van der Waals surface area contributed by atoms with Crippen LogP contribution in [-0.2, 0) is 22.0 Å². The predicted molar refractivity (Wildman–Crippen MR) is 140 cm³/mol. The Hall–Kier alpha value is -2.20. The van der Waals surface area contributed by atoms with Gasteiger partial charge in [-0.15, -0.1) is 0 Å². The smallest absolute Gasteiger partial charge is 0.201 e. The van der Waals surface area contributed by atoms with E-state index in [1.807, 2.05) is 12.1 Å². The Balaban J connectivity index is 2.15. The average molecular weight is 456 g/mol. The van der Waals surface area contributed by atoms with E-state index >= 15 is 0 Å². The molecule has 0 heterocycles. The highest BCUT2D eigenvalue weighted by atomic mass is 16.7. The number of methoxy groups -OCH3 is 1. The number of hydrogen-bond donors (Lipinski definition) is 1. The molecule has 0 spiro atoms. The summed E-state index contributed by atoms with van der Waals surface area (Å²) < 4.78 is 17.9. The van der Waals surface area contributed by atoms with E-state index in [9.17, 15) is 0 Å². The molecular formula is C29H45NO3. The number of hydrogen-bond acceptors (Lipinski definition) is 4. The van der Waals surface area contributed by atoms with Gasteiger partial charge in [0.25, 0.3) is 0 Å². The molecule has 0 aliphatic carbocycles. The molecule has 1 N–H and O–H groups in total. The fourth-order valence-corrected chi connectivity index (χ4v) is 3.74. The fraction of sp³-hybridized carbons (Fsp3) is 0.586. The van der Waals surface area contributed by atoms with Crippen LogP contribution in [0.1, 0.15) is 91.3 Å². The Kier molecular flexibility index (Phi) is 9.66. The fourth-order valence-electron chi connectivity index (χ4n) is 3.74. The summed E-state index contributed by atoms with van der Waals surface area (Å²) in [5.41, 5.74) is 4.95. The molecule has 0 aliphatic heterocycles. The lowest BCUT2D eigenvalue weighted by atomic mass is 9.76. The van der Waals surface area contributed by atoms with E-state index < -0.39 is 0 Å². The lowest BCUT2D eigenvalue weighted by Crippen LogP contribution is -2.26. The normalized spacial score (nSPS) is 13.0. The Morgan fingerprint density at radius 2 is 1.52 bits per heavy atom. The van der Waals surface area contributed by atoms with Crippen LogP contribution in [0, 0.1) is 0 Å². The van der Waals surface area contributed by atoms with Crippen molar-refractivity contribution in [3.63, 3.8) is 0 Å². The molecule has 0 amide bonds. The SMILES string of the molecule is CCc1cc(NCOC(CC)Oc2ccc(C(C)(C)CC)cc2C(C)(C)CC)ccc1OC. The first-order valence-corrected chi connectivity index (χ1v) is 12.5. The number of anilines is 1. The summed E-state index contributed by atoms with van der Waals surface area (Å²) in [7, 11) is 1.71. The number of ether oxygens (including phenoxy) is 3. The molecule has 4 nitrogen and oxygen atoms in total. The van der Waals surface area contributed by atoms with Crippen molar-refractivity contribution in [3.8, 4) is 11.5 Å². The van der Waals surface area contributed by atoms with Gasteiger partial charge in [0.1, 0.15) is 18.2 Å². The third-order valence-electron chi connectivity index (χ3n) is 7.06. The number of benzene rings is 2. The highest BCUT2D eigenvalue weighted by Crippen LogP contribution is 2.39. The summed E-state index contributed by atoms with van der Waals surface area (Å²) in [5.74, 6) is 1.83. The van der Waals surface area contributed by atoms with Crippen molar-refractivity contribution < 1.29 is 14.2 Å². The first-order chi connectivity index (χ1) is 15.6. The van der Waals surface area contributed by atoms with Crippen LogP contribution in [0.15, 0.2) is 36.4 Å². The second kappa shape index (κ2) is 11.8. The van der Waals surface area contributed by atoms with Gasteiger partial charge in [-0.25, -0.2) is 0 Å². The highest BCUT2D eigenvalue weighted by molar-refractivity contribution is 5.51. The molecule has 33 heavy (non-hydrogen) atoms. The third kappa shape index (κ3) is 6.89. The van der Waals surface area contributed by atoms with E-state index in [1.165, 1.54) is 16.7 Å². The average Bonchev–Trinajstić information content (AvgIpc) is 2.83. The van der Waals surface area contributed by atoms with Crippen LogP contribution in [0.3, 0.4) is 0 Å². The summed E-state index contributed by atoms with van der Waals surface area (Å²) in [6, 6.07) is 12.8. The maximum Gasteiger partial charge on any atom is 0.201 e. The van der Waals surface area contributed by atoms with E-state index in [1.54, 1.807) is 7.11 Å². The highest BCUT2D eigenvalue weighted by Gasteiger charge is 2.27. The summed E-state index contributed by atoms with van der Waals surface area (Å²) in [6.07, 6.45) is 3.49. The van der Waals surface area contributed by atoms with Crippen molar-refractivity contribution in [2.24, 2.45) is 0 Å². The monoisotopic (exact) mass is 455 g/mol. The lowest BCUT2D eigenvalue weighted by molar-refractivity contribution is -0.0754. The van der Waals surface area contributed by atoms with Crippen LogP contribution >= 0.6 is 0 Å². The van der Waals surface area contributed by atoms with Crippen molar-refractivity contribution in [2.75, 3.05) is 19.2 Å². The van der Waals surface area contributed by atoms with Gasteiger partial charge in [-0.2, -0.15) is 0 Å². The van der Waals surface area contributed by atoms with Gasteiger partial charge < -0.3 is 19.5 Å². The van der Waals surface area contributed by atoms with Crippen LogP contribution in [0.4, 0.5) is 5.69 Å². The number of nitrogens with one attached hydrogen (secondary N) is 1. The molecule has 0 radical (unpaired) electrons. The second-order valence-corrected chi connectivity index (χ2v) is 10.0. The van der Waals surface area contributed by atoms with Gasteiger partial charge in [-0.05, 0) is 65.5 Å². The van der Waals surface area contributed by atoms with Gasteiger partial charge in [-0.3, -0.25) is 0 Å². The largest absolute Gasteiger partial charge is 0.496 e. The number of aryl methyl sites for hydroxylation is 1. The van der Waals surface area contributed by atoms with Crippen LogP contribution in [0.5, 0.6) is 11.5 Å². The zero-order valence-electron chi connectivity index (χ0n) is 22.3. The molecule has 4 heteroatoms. The topological polar surface area (TPSA) is 39.7 Å². The van der Waals surface area contributed by atoms with Crippen LogP contribution in [-0.4, -0.2) is 20.1 Å².